The van der Waals surface area contributed by atoms with Gasteiger partial charge in [-0.2, -0.15) is 0 Å². The maximum Gasteiger partial charge on any atom is 0.270 e. The molecule has 2 heterocycles. The molecule has 0 atom stereocenters. The van der Waals surface area contributed by atoms with E-state index in [1.165, 1.54) is 11.3 Å². The zero-order chi connectivity index (χ0) is 18.8. The van der Waals surface area contributed by atoms with Crippen LogP contribution in [-0.4, -0.2) is 15.9 Å². The molecule has 6 heteroatoms. The van der Waals surface area contributed by atoms with Gasteiger partial charge in [-0.3, -0.25) is 4.79 Å². The van der Waals surface area contributed by atoms with Crippen molar-refractivity contribution >= 4 is 39.7 Å². The molecule has 2 aromatic heterocycles. The molecule has 134 valence electrons. The van der Waals surface area contributed by atoms with Crippen LogP contribution in [0, 0.1) is 6.92 Å². The van der Waals surface area contributed by atoms with Crippen LogP contribution in [0.15, 0.2) is 60.7 Å². The van der Waals surface area contributed by atoms with Crippen molar-refractivity contribution in [2.75, 3.05) is 0 Å². The molecule has 1 N–H and O–H groups in total. The number of carbonyl (C=O) groups is 1. The number of para-hydroxylation sites is 1. The van der Waals surface area contributed by atoms with Crippen molar-refractivity contribution in [1.82, 2.24) is 15.3 Å². The minimum Gasteiger partial charge on any atom is -0.346 e. The molecule has 4 aromatic rings. The summed E-state index contributed by atoms with van der Waals surface area (Å²) in [7, 11) is 0. The Morgan fingerprint density at radius 2 is 1.81 bits per heavy atom. The first-order valence-corrected chi connectivity index (χ1v) is 9.66. The van der Waals surface area contributed by atoms with Crippen LogP contribution in [0.5, 0.6) is 0 Å². The van der Waals surface area contributed by atoms with E-state index in [0.717, 1.165) is 32.0 Å². The van der Waals surface area contributed by atoms with Gasteiger partial charge >= 0.3 is 0 Å². The van der Waals surface area contributed by atoms with Gasteiger partial charge in [0.15, 0.2) is 0 Å². The van der Waals surface area contributed by atoms with E-state index < -0.39 is 0 Å². The topological polar surface area (TPSA) is 54.9 Å². The largest absolute Gasteiger partial charge is 0.346 e. The molecule has 27 heavy (non-hydrogen) atoms. The molecular weight excluding hydrogens is 378 g/mol. The highest BCUT2D eigenvalue weighted by Crippen LogP contribution is 2.32. The number of nitrogens with one attached hydrogen (secondary N) is 1. The Morgan fingerprint density at radius 3 is 2.67 bits per heavy atom. The van der Waals surface area contributed by atoms with E-state index in [-0.39, 0.29) is 5.91 Å². The van der Waals surface area contributed by atoms with Gasteiger partial charge in [0.2, 0.25) is 0 Å². The number of thiazole rings is 1. The van der Waals surface area contributed by atoms with E-state index in [9.17, 15) is 4.79 Å². The van der Waals surface area contributed by atoms with Gasteiger partial charge in [0.25, 0.3) is 5.91 Å². The number of rotatable bonds is 4. The molecule has 2 aromatic carbocycles. The summed E-state index contributed by atoms with van der Waals surface area (Å²) in [5.41, 5.74) is 3.00. The van der Waals surface area contributed by atoms with E-state index in [4.69, 9.17) is 11.6 Å². The van der Waals surface area contributed by atoms with Crippen LogP contribution in [-0.2, 0) is 6.54 Å². The Labute approximate surface area is 165 Å². The molecule has 0 spiro atoms. The van der Waals surface area contributed by atoms with Crippen molar-refractivity contribution < 1.29 is 4.79 Å². The van der Waals surface area contributed by atoms with Gasteiger partial charge in [-0.05, 0) is 25.1 Å². The van der Waals surface area contributed by atoms with Crippen molar-refractivity contribution in [3.63, 3.8) is 0 Å². The average Bonchev–Trinajstić information content (AvgIpc) is 3.06. The standard InChI is InChI=1S/C21H16ClN3OS/c1-13-19(27-21(24-13)15-7-3-4-8-16(15)22)12-23-20(26)18-11-10-14-6-2-5-9-17(14)25-18/h2-11H,12H2,1H3,(H,23,26). The Morgan fingerprint density at radius 1 is 1.04 bits per heavy atom. The summed E-state index contributed by atoms with van der Waals surface area (Å²) in [5.74, 6) is -0.201. The molecule has 0 saturated carbocycles. The summed E-state index contributed by atoms with van der Waals surface area (Å²) in [4.78, 5) is 22.5. The number of pyridine rings is 1. The first kappa shape index (κ1) is 17.6. The normalized spacial score (nSPS) is 10.9. The Kier molecular flexibility index (Phi) is 4.88. The summed E-state index contributed by atoms with van der Waals surface area (Å²) < 4.78 is 0. The molecule has 4 nitrogen and oxygen atoms in total. The van der Waals surface area contributed by atoms with Crippen molar-refractivity contribution in [1.29, 1.82) is 0 Å². The van der Waals surface area contributed by atoms with Crippen molar-refractivity contribution in [3.05, 3.63) is 82.0 Å². The molecule has 4 rings (SSSR count). The third-order valence-electron chi connectivity index (χ3n) is 4.24. The van der Waals surface area contributed by atoms with Crippen molar-refractivity contribution in [3.8, 4) is 10.6 Å². The number of nitrogens with zero attached hydrogens (tertiary/aromatic N) is 2. The highest BCUT2D eigenvalue weighted by molar-refractivity contribution is 7.15. The maximum absolute atomic E-state index is 12.5. The minimum atomic E-state index is -0.201. The molecule has 0 aliphatic heterocycles. The SMILES string of the molecule is Cc1nc(-c2ccccc2Cl)sc1CNC(=O)c1ccc2ccccc2n1. The molecule has 0 radical (unpaired) electrons. The number of fused-ring (bicyclic) bond motifs is 1. The van der Waals surface area contributed by atoms with E-state index in [1.54, 1.807) is 6.07 Å². The van der Waals surface area contributed by atoms with E-state index >= 15 is 0 Å². The van der Waals surface area contributed by atoms with Crippen molar-refractivity contribution in [2.24, 2.45) is 0 Å². The minimum absolute atomic E-state index is 0.201. The molecule has 0 saturated heterocycles. The highest BCUT2D eigenvalue weighted by Gasteiger charge is 2.14. The lowest BCUT2D eigenvalue weighted by atomic mass is 10.2. The Balaban J connectivity index is 1.51. The van der Waals surface area contributed by atoms with Crippen LogP contribution < -0.4 is 5.32 Å². The summed E-state index contributed by atoms with van der Waals surface area (Å²) in [6, 6.07) is 19.0. The predicted octanol–water partition coefficient (Wildman–Crippen LogP) is 5.25. The van der Waals surface area contributed by atoms with Gasteiger partial charge in [-0.15, -0.1) is 11.3 Å². The van der Waals surface area contributed by atoms with Crippen LogP contribution in [0.2, 0.25) is 5.02 Å². The predicted molar refractivity (Wildman–Crippen MR) is 110 cm³/mol. The third-order valence-corrected chi connectivity index (χ3v) is 5.76. The summed E-state index contributed by atoms with van der Waals surface area (Å²) >= 11 is 7.80. The van der Waals surface area contributed by atoms with E-state index in [1.807, 2.05) is 61.5 Å². The van der Waals surface area contributed by atoms with Gasteiger partial charge in [-0.1, -0.05) is 54.1 Å². The molecular formula is C21H16ClN3OS. The lowest BCUT2D eigenvalue weighted by Crippen LogP contribution is -2.23. The number of carbonyl (C=O) groups excluding carboxylic acids is 1. The van der Waals surface area contributed by atoms with Gasteiger partial charge in [0, 0.05) is 15.8 Å². The Hall–Kier alpha value is -2.76. The van der Waals surface area contributed by atoms with Gasteiger partial charge in [0.1, 0.15) is 10.7 Å². The molecule has 0 aliphatic carbocycles. The quantitative estimate of drug-likeness (QED) is 0.515. The average molecular weight is 394 g/mol. The number of benzene rings is 2. The second kappa shape index (κ2) is 7.47. The van der Waals surface area contributed by atoms with Gasteiger partial charge < -0.3 is 5.32 Å². The fourth-order valence-electron chi connectivity index (χ4n) is 2.79. The number of hydrogen-bond acceptors (Lipinski definition) is 4. The number of hydrogen-bond donors (Lipinski definition) is 1. The fourth-order valence-corrected chi connectivity index (χ4v) is 4.11. The smallest absolute Gasteiger partial charge is 0.270 e. The zero-order valence-corrected chi connectivity index (χ0v) is 16.1. The molecule has 0 fully saturated rings. The zero-order valence-electron chi connectivity index (χ0n) is 14.6. The van der Waals surface area contributed by atoms with Gasteiger partial charge in [-0.25, -0.2) is 9.97 Å². The third kappa shape index (κ3) is 3.70. The second-order valence-electron chi connectivity index (χ2n) is 6.08. The second-order valence-corrected chi connectivity index (χ2v) is 7.57. The monoisotopic (exact) mass is 393 g/mol. The lowest BCUT2D eigenvalue weighted by Gasteiger charge is -2.05. The van der Waals surface area contributed by atoms with E-state index in [2.05, 4.69) is 15.3 Å². The van der Waals surface area contributed by atoms with Crippen molar-refractivity contribution in [2.45, 2.75) is 13.5 Å². The molecule has 0 unspecified atom stereocenters. The molecule has 0 bridgehead atoms. The summed E-state index contributed by atoms with van der Waals surface area (Å²) in [6.45, 7) is 2.34. The Bertz CT molecular complexity index is 1140. The fraction of sp³-hybridized carbons (Fsp3) is 0.0952. The van der Waals surface area contributed by atoms with Crippen LogP contribution in [0.4, 0.5) is 0 Å². The van der Waals surface area contributed by atoms with E-state index in [0.29, 0.717) is 17.3 Å². The summed E-state index contributed by atoms with van der Waals surface area (Å²) in [6.07, 6.45) is 0. The first-order chi connectivity index (χ1) is 13.1. The van der Waals surface area contributed by atoms with Crippen LogP contribution >= 0.6 is 22.9 Å². The maximum atomic E-state index is 12.5. The number of amides is 1. The molecule has 1 amide bonds. The lowest BCUT2D eigenvalue weighted by molar-refractivity contribution is 0.0946. The highest BCUT2D eigenvalue weighted by atomic mass is 35.5. The number of aryl methyl sites for hydroxylation is 1. The number of halogens is 1. The molecule has 0 aliphatic rings. The van der Waals surface area contributed by atoms with Crippen LogP contribution in [0.25, 0.3) is 21.5 Å². The number of aromatic nitrogens is 2. The van der Waals surface area contributed by atoms with Crippen LogP contribution in [0.3, 0.4) is 0 Å². The summed E-state index contributed by atoms with van der Waals surface area (Å²) in [5, 5.41) is 5.47. The first-order valence-electron chi connectivity index (χ1n) is 8.47. The van der Waals surface area contributed by atoms with Gasteiger partial charge in [0.05, 0.1) is 22.8 Å². The van der Waals surface area contributed by atoms with Crippen LogP contribution in [0.1, 0.15) is 21.1 Å².